The zero-order chi connectivity index (χ0) is 12.3. The molecule has 1 aliphatic rings. The molecule has 0 unspecified atom stereocenters. The zero-order valence-electron chi connectivity index (χ0n) is 11.1. The lowest BCUT2D eigenvalue weighted by molar-refractivity contribution is -0.133. The highest BCUT2D eigenvalue weighted by Crippen LogP contribution is 2.37. The Kier molecular flexibility index (Phi) is 4.31. The summed E-state index contributed by atoms with van der Waals surface area (Å²) in [6, 6.07) is 0.435. The first-order valence-electron chi connectivity index (χ1n) is 6.37. The Morgan fingerprint density at radius 3 is 2.50 bits per heavy atom. The van der Waals surface area contributed by atoms with Crippen LogP contribution in [0, 0.1) is 5.92 Å². The molecule has 0 radical (unpaired) electrons. The highest BCUT2D eigenvalue weighted by Gasteiger charge is 2.47. The first kappa shape index (κ1) is 13.4. The average molecular weight is 223 g/mol. The van der Waals surface area contributed by atoms with Crippen molar-refractivity contribution in [1.82, 2.24) is 4.90 Å². The molecule has 0 amide bonds. The molecule has 92 valence electrons. The molecule has 0 aliphatic carbocycles. The Morgan fingerprint density at radius 1 is 1.44 bits per heavy atom. The van der Waals surface area contributed by atoms with E-state index in [1.165, 1.54) is 0 Å². The molecule has 0 spiro atoms. The van der Waals surface area contributed by atoms with Crippen LogP contribution in [0.3, 0.4) is 0 Å². The molecule has 0 bridgehead atoms. The maximum atomic E-state index is 12.5. The third-order valence-electron chi connectivity index (χ3n) is 3.63. The molecule has 1 fully saturated rings. The number of hydrogen-bond donors (Lipinski definition) is 0. The highest BCUT2D eigenvalue weighted by molar-refractivity contribution is 5.90. The molecule has 1 saturated heterocycles. The van der Waals surface area contributed by atoms with Crippen molar-refractivity contribution in [2.45, 2.75) is 58.5 Å². The number of Topliss-reactive ketones (excluding diaryl/α,β-unsaturated/α-hetero) is 1. The van der Waals surface area contributed by atoms with Crippen molar-refractivity contribution in [1.29, 1.82) is 0 Å². The molecule has 16 heavy (non-hydrogen) atoms. The van der Waals surface area contributed by atoms with Crippen LogP contribution in [0.25, 0.3) is 0 Å². The van der Waals surface area contributed by atoms with Crippen LogP contribution in [-0.4, -0.2) is 28.8 Å². The Bertz CT molecular complexity index is 270. The topological polar surface area (TPSA) is 20.3 Å². The molecule has 0 saturated carbocycles. The van der Waals surface area contributed by atoms with Crippen LogP contribution in [0.2, 0.25) is 0 Å². The van der Waals surface area contributed by atoms with Crippen molar-refractivity contribution in [2.24, 2.45) is 5.92 Å². The average Bonchev–Trinajstić information content (AvgIpc) is 2.62. The Morgan fingerprint density at radius 2 is 2.06 bits per heavy atom. The lowest BCUT2D eigenvalue weighted by atomic mass is 9.81. The van der Waals surface area contributed by atoms with E-state index in [2.05, 4.69) is 25.3 Å². The molecule has 0 N–H and O–H groups in total. The van der Waals surface area contributed by atoms with Gasteiger partial charge in [-0.15, -0.1) is 6.58 Å². The van der Waals surface area contributed by atoms with Crippen LogP contribution in [0.4, 0.5) is 0 Å². The smallest absolute Gasteiger partial charge is 0.155 e. The van der Waals surface area contributed by atoms with E-state index in [-0.39, 0.29) is 11.5 Å². The fraction of sp³-hybridized carbons (Fsp3) is 0.786. The Balaban J connectivity index is 3.03. The van der Waals surface area contributed by atoms with Crippen LogP contribution in [0.1, 0.15) is 47.0 Å². The van der Waals surface area contributed by atoms with Gasteiger partial charge in [0.25, 0.3) is 0 Å². The third-order valence-corrected chi connectivity index (χ3v) is 3.63. The summed E-state index contributed by atoms with van der Waals surface area (Å²) in [5, 5.41) is 0. The van der Waals surface area contributed by atoms with E-state index in [0.29, 0.717) is 11.8 Å². The van der Waals surface area contributed by atoms with E-state index in [0.717, 1.165) is 25.8 Å². The summed E-state index contributed by atoms with van der Waals surface area (Å²) < 4.78 is 0. The van der Waals surface area contributed by atoms with Crippen LogP contribution in [0.5, 0.6) is 0 Å². The lowest BCUT2D eigenvalue weighted by Crippen LogP contribution is -2.54. The quantitative estimate of drug-likeness (QED) is 0.668. The predicted octanol–water partition coefficient (Wildman–Crippen LogP) is 3.03. The summed E-state index contributed by atoms with van der Waals surface area (Å²) in [6.07, 6.45) is 4.82. The lowest BCUT2D eigenvalue weighted by Gasteiger charge is -2.40. The maximum Gasteiger partial charge on any atom is 0.155 e. The first-order valence-corrected chi connectivity index (χ1v) is 6.37. The molecular formula is C14H25NO. The van der Waals surface area contributed by atoms with Gasteiger partial charge in [0.2, 0.25) is 0 Å². The third kappa shape index (κ3) is 2.22. The van der Waals surface area contributed by atoms with E-state index >= 15 is 0 Å². The first-order chi connectivity index (χ1) is 7.45. The number of nitrogens with zero attached hydrogens (tertiary/aromatic N) is 1. The van der Waals surface area contributed by atoms with Gasteiger partial charge in [0.15, 0.2) is 5.78 Å². The molecule has 1 atom stereocenters. The van der Waals surface area contributed by atoms with Gasteiger partial charge in [-0.2, -0.15) is 0 Å². The molecule has 2 nitrogen and oxygen atoms in total. The number of carbonyl (C=O) groups is 1. The summed E-state index contributed by atoms with van der Waals surface area (Å²) in [5.41, 5.74) is -0.260. The molecule has 1 aliphatic heterocycles. The van der Waals surface area contributed by atoms with E-state index in [1.54, 1.807) is 0 Å². The van der Waals surface area contributed by atoms with Gasteiger partial charge in [0, 0.05) is 12.0 Å². The van der Waals surface area contributed by atoms with Crippen LogP contribution < -0.4 is 0 Å². The van der Waals surface area contributed by atoms with Gasteiger partial charge in [-0.25, -0.2) is 0 Å². The van der Waals surface area contributed by atoms with Crippen LogP contribution in [-0.2, 0) is 4.79 Å². The Labute approximate surface area is 99.7 Å². The minimum absolute atomic E-state index is 0.110. The number of rotatable bonds is 5. The number of hydrogen-bond acceptors (Lipinski definition) is 2. The second-order valence-electron chi connectivity index (χ2n) is 5.43. The summed E-state index contributed by atoms with van der Waals surface area (Å²) in [7, 11) is 0. The second-order valence-corrected chi connectivity index (χ2v) is 5.43. The van der Waals surface area contributed by atoms with Crippen molar-refractivity contribution in [3.8, 4) is 0 Å². The summed E-state index contributed by atoms with van der Waals surface area (Å²) in [6.45, 7) is 13.2. The Hall–Kier alpha value is -0.630. The SMILES string of the molecule is C=CC[C@]1(C(=O)C(C)C)CCCN1C(C)C. The maximum absolute atomic E-state index is 12.5. The molecule has 1 heterocycles. The summed E-state index contributed by atoms with van der Waals surface area (Å²) in [4.78, 5) is 14.9. The van der Waals surface area contributed by atoms with Crippen molar-refractivity contribution in [3.05, 3.63) is 12.7 Å². The molecule has 0 aromatic heterocycles. The molecule has 1 rings (SSSR count). The fourth-order valence-corrected chi connectivity index (χ4v) is 3.01. The van der Waals surface area contributed by atoms with Gasteiger partial charge in [-0.3, -0.25) is 9.69 Å². The van der Waals surface area contributed by atoms with Crippen LogP contribution in [0.15, 0.2) is 12.7 Å². The van der Waals surface area contributed by atoms with E-state index in [1.807, 2.05) is 19.9 Å². The predicted molar refractivity (Wildman–Crippen MR) is 68.5 cm³/mol. The van der Waals surface area contributed by atoms with Gasteiger partial charge in [0.05, 0.1) is 5.54 Å². The van der Waals surface area contributed by atoms with Crippen LogP contribution >= 0.6 is 0 Å². The highest BCUT2D eigenvalue weighted by atomic mass is 16.1. The van der Waals surface area contributed by atoms with Crippen molar-refractivity contribution in [3.63, 3.8) is 0 Å². The normalized spacial score (nSPS) is 26.6. The number of likely N-dealkylation sites (tertiary alicyclic amines) is 1. The van der Waals surface area contributed by atoms with Gasteiger partial charge in [-0.05, 0) is 39.7 Å². The largest absolute Gasteiger partial charge is 0.297 e. The molecule has 2 heteroatoms. The standard InChI is InChI=1S/C14H25NO/c1-6-8-14(13(16)11(2)3)9-7-10-15(14)12(4)5/h6,11-12H,1,7-10H2,2-5H3/t14-/m1/s1. The van der Waals surface area contributed by atoms with Gasteiger partial charge in [0.1, 0.15) is 0 Å². The number of carbonyl (C=O) groups excluding carboxylic acids is 1. The minimum Gasteiger partial charge on any atom is -0.297 e. The minimum atomic E-state index is -0.260. The van der Waals surface area contributed by atoms with E-state index in [4.69, 9.17) is 0 Å². The van der Waals surface area contributed by atoms with Gasteiger partial charge in [-0.1, -0.05) is 19.9 Å². The van der Waals surface area contributed by atoms with Crippen molar-refractivity contribution >= 4 is 5.78 Å². The summed E-state index contributed by atoms with van der Waals surface area (Å²) >= 11 is 0. The zero-order valence-corrected chi connectivity index (χ0v) is 11.1. The molecule has 0 aromatic rings. The second kappa shape index (κ2) is 5.13. The van der Waals surface area contributed by atoms with Gasteiger partial charge < -0.3 is 0 Å². The number of ketones is 1. The monoisotopic (exact) mass is 223 g/mol. The van der Waals surface area contributed by atoms with Gasteiger partial charge >= 0.3 is 0 Å². The van der Waals surface area contributed by atoms with Crippen molar-refractivity contribution < 1.29 is 4.79 Å². The van der Waals surface area contributed by atoms with E-state index < -0.39 is 0 Å². The van der Waals surface area contributed by atoms with E-state index in [9.17, 15) is 4.79 Å². The van der Waals surface area contributed by atoms with Crippen molar-refractivity contribution in [2.75, 3.05) is 6.54 Å². The fourth-order valence-electron chi connectivity index (χ4n) is 3.01. The summed E-state index contributed by atoms with van der Waals surface area (Å²) in [5.74, 6) is 0.498. The molecule has 0 aromatic carbocycles. The molecular weight excluding hydrogens is 198 g/mol.